The largest absolute Gasteiger partial charge is 0.352 e. The lowest BCUT2D eigenvalue weighted by Gasteiger charge is -2.37. The number of benzene rings is 3. The molecular weight excluding hydrogens is 393 g/mol. The van der Waals surface area contributed by atoms with Crippen LogP contribution >= 0.6 is 12.2 Å². The van der Waals surface area contributed by atoms with Gasteiger partial charge in [0, 0.05) is 32.7 Å². The lowest BCUT2D eigenvalue weighted by Crippen LogP contribution is -2.51. The van der Waals surface area contributed by atoms with Crippen LogP contribution in [0.3, 0.4) is 0 Å². The molecule has 3 aromatic rings. The molecule has 30 heavy (non-hydrogen) atoms. The molecule has 1 saturated heterocycles. The molecule has 1 N–H and O–H groups in total. The number of hydrogen-bond acceptors (Lipinski definition) is 2. The van der Waals surface area contributed by atoms with Gasteiger partial charge in [-0.2, -0.15) is 0 Å². The van der Waals surface area contributed by atoms with E-state index in [0.717, 1.165) is 43.4 Å². The quantitative estimate of drug-likeness (QED) is 0.609. The van der Waals surface area contributed by atoms with Crippen molar-refractivity contribution >= 4 is 17.3 Å². The molecule has 0 atom stereocenters. The zero-order valence-corrected chi connectivity index (χ0v) is 17.7. The van der Waals surface area contributed by atoms with Crippen LogP contribution < -0.4 is 5.32 Å². The van der Waals surface area contributed by atoms with Crippen LogP contribution in [0.2, 0.25) is 0 Å². The Morgan fingerprint density at radius 2 is 1.33 bits per heavy atom. The molecule has 0 radical (unpaired) electrons. The van der Waals surface area contributed by atoms with Crippen molar-refractivity contribution in [3.8, 4) is 0 Å². The Labute approximate surface area is 183 Å². The Morgan fingerprint density at radius 1 is 0.800 bits per heavy atom. The molecule has 5 heteroatoms. The first-order valence-corrected chi connectivity index (χ1v) is 10.7. The average molecular weight is 420 g/mol. The third-order valence-electron chi connectivity index (χ3n) is 5.51. The van der Waals surface area contributed by atoms with E-state index in [0.29, 0.717) is 0 Å². The summed E-state index contributed by atoms with van der Waals surface area (Å²) in [6.45, 7) is 4.46. The van der Waals surface area contributed by atoms with E-state index >= 15 is 0 Å². The number of rotatable bonds is 5. The van der Waals surface area contributed by atoms with E-state index in [1.807, 2.05) is 24.3 Å². The van der Waals surface area contributed by atoms with Crippen LogP contribution in [-0.4, -0.2) is 41.1 Å². The van der Waals surface area contributed by atoms with Gasteiger partial charge in [0.15, 0.2) is 5.11 Å². The highest BCUT2D eigenvalue weighted by Gasteiger charge is 2.22. The maximum Gasteiger partial charge on any atom is 0.169 e. The van der Waals surface area contributed by atoms with Gasteiger partial charge in [0.25, 0.3) is 0 Å². The highest BCUT2D eigenvalue weighted by Crippen LogP contribution is 2.22. The van der Waals surface area contributed by atoms with Gasteiger partial charge in [-0.3, -0.25) is 4.90 Å². The van der Waals surface area contributed by atoms with Crippen molar-refractivity contribution in [3.05, 3.63) is 107 Å². The van der Waals surface area contributed by atoms with Crippen LogP contribution in [0.5, 0.6) is 0 Å². The Hall–Kier alpha value is -2.76. The summed E-state index contributed by atoms with van der Waals surface area (Å²) in [4.78, 5) is 4.63. The molecule has 1 heterocycles. The summed E-state index contributed by atoms with van der Waals surface area (Å²) in [6, 6.07) is 27.6. The maximum atomic E-state index is 13.1. The van der Waals surface area contributed by atoms with Crippen molar-refractivity contribution in [1.82, 2.24) is 15.1 Å². The topological polar surface area (TPSA) is 18.5 Å². The molecular formula is C25H26FN3S. The van der Waals surface area contributed by atoms with Crippen LogP contribution in [0.25, 0.3) is 0 Å². The lowest BCUT2D eigenvalue weighted by molar-refractivity contribution is 0.174. The first-order chi connectivity index (χ1) is 14.7. The van der Waals surface area contributed by atoms with Crippen molar-refractivity contribution in [2.75, 3.05) is 26.2 Å². The molecule has 0 spiro atoms. The second kappa shape index (κ2) is 9.83. The molecule has 3 nitrogen and oxygen atoms in total. The number of nitrogens with zero attached hydrogens (tertiary/aromatic N) is 2. The van der Waals surface area contributed by atoms with E-state index in [2.05, 4.69) is 63.6 Å². The summed E-state index contributed by atoms with van der Waals surface area (Å²) < 4.78 is 13.1. The van der Waals surface area contributed by atoms with E-state index in [4.69, 9.17) is 12.2 Å². The number of hydrogen-bond donors (Lipinski definition) is 1. The number of piperazine rings is 1. The van der Waals surface area contributed by atoms with Gasteiger partial charge in [0.1, 0.15) is 5.82 Å². The predicted molar refractivity (Wildman–Crippen MR) is 124 cm³/mol. The fourth-order valence-electron chi connectivity index (χ4n) is 3.82. The fraction of sp³-hybridized carbons (Fsp3) is 0.240. The molecule has 0 saturated carbocycles. The highest BCUT2D eigenvalue weighted by molar-refractivity contribution is 7.80. The third kappa shape index (κ3) is 5.23. The van der Waals surface area contributed by atoms with E-state index in [9.17, 15) is 4.39 Å². The van der Waals surface area contributed by atoms with Gasteiger partial charge in [-0.25, -0.2) is 4.39 Å². The van der Waals surface area contributed by atoms with Crippen molar-refractivity contribution in [3.63, 3.8) is 0 Å². The molecule has 154 valence electrons. The monoisotopic (exact) mass is 419 g/mol. The molecule has 0 amide bonds. The standard InChI is InChI=1S/C25H26FN3S/c26-23-13-11-20(12-14-23)19-28-15-17-29(18-16-28)25(30)27-24(21-7-3-1-4-8-21)22-9-5-2-6-10-22/h1-14,24H,15-19H2,(H,27,30). The predicted octanol–water partition coefficient (Wildman–Crippen LogP) is 4.61. The zero-order valence-electron chi connectivity index (χ0n) is 16.9. The smallest absolute Gasteiger partial charge is 0.169 e. The van der Waals surface area contributed by atoms with Crippen LogP contribution in [0.1, 0.15) is 22.7 Å². The second-order valence-corrected chi connectivity index (χ2v) is 7.98. The second-order valence-electron chi connectivity index (χ2n) is 7.59. The van der Waals surface area contributed by atoms with Crippen LogP contribution in [0.4, 0.5) is 4.39 Å². The number of nitrogens with one attached hydrogen (secondary N) is 1. The molecule has 0 aromatic heterocycles. The van der Waals surface area contributed by atoms with Gasteiger partial charge >= 0.3 is 0 Å². The Morgan fingerprint density at radius 3 is 1.87 bits per heavy atom. The first-order valence-electron chi connectivity index (χ1n) is 10.3. The fourth-order valence-corrected chi connectivity index (χ4v) is 4.12. The highest BCUT2D eigenvalue weighted by atomic mass is 32.1. The van der Waals surface area contributed by atoms with Crippen molar-refractivity contribution in [2.24, 2.45) is 0 Å². The average Bonchev–Trinajstić information content (AvgIpc) is 2.80. The minimum absolute atomic E-state index is 0.0251. The SMILES string of the molecule is Fc1ccc(CN2CCN(C(=S)NC(c3ccccc3)c3ccccc3)CC2)cc1. The van der Waals surface area contributed by atoms with Crippen molar-refractivity contribution in [2.45, 2.75) is 12.6 Å². The Bertz CT molecular complexity index is 900. The van der Waals surface area contributed by atoms with Crippen LogP contribution in [0.15, 0.2) is 84.9 Å². The zero-order chi connectivity index (χ0) is 20.8. The summed E-state index contributed by atoms with van der Waals surface area (Å²) >= 11 is 5.79. The van der Waals surface area contributed by atoms with Crippen molar-refractivity contribution < 1.29 is 4.39 Å². The Balaban J connectivity index is 1.37. The first kappa shape index (κ1) is 20.5. The number of halogens is 1. The molecule has 0 unspecified atom stereocenters. The third-order valence-corrected chi connectivity index (χ3v) is 5.89. The summed E-state index contributed by atoms with van der Waals surface area (Å²) in [6.07, 6.45) is 0. The minimum Gasteiger partial charge on any atom is -0.352 e. The molecule has 1 aliphatic rings. The van der Waals surface area contributed by atoms with E-state index in [1.54, 1.807) is 0 Å². The van der Waals surface area contributed by atoms with Gasteiger partial charge in [-0.05, 0) is 41.0 Å². The lowest BCUT2D eigenvalue weighted by atomic mass is 9.99. The molecule has 3 aromatic carbocycles. The van der Waals surface area contributed by atoms with E-state index < -0.39 is 0 Å². The Kier molecular flexibility index (Phi) is 6.72. The molecule has 1 aliphatic heterocycles. The molecule has 4 rings (SSSR count). The normalized spacial score (nSPS) is 14.7. The van der Waals surface area contributed by atoms with Gasteiger partial charge in [0.2, 0.25) is 0 Å². The van der Waals surface area contributed by atoms with E-state index in [-0.39, 0.29) is 11.9 Å². The summed E-state index contributed by atoms with van der Waals surface area (Å²) in [5.41, 5.74) is 3.53. The number of thiocarbonyl (C=S) groups is 1. The minimum atomic E-state index is -0.189. The summed E-state index contributed by atoms with van der Waals surface area (Å²) in [5, 5.41) is 4.37. The molecule has 0 bridgehead atoms. The maximum absolute atomic E-state index is 13.1. The van der Waals surface area contributed by atoms with Gasteiger partial charge < -0.3 is 10.2 Å². The van der Waals surface area contributed by atoms with Gasteiger partial charge in [0.05, 0.1) is 6.04 Å². The molecule has 1 fully saturated rings. The molecule has 0 aliphatic carbocycles. The van der Waals surface area contributed by atoms with Crippen LogP contribution in [0, 0.1) is 5.82 Å². The summed E-state index contributed by atoms with van der Waals surface area (Å²) in [5.74, 6) is -0.189. The van der Waals surface area contributed by atoms with Crippen molar-refractivity contribution in [1.29, 1.82) is 0 Å². The summed E-state index contributed by atoms with van der Waals surface area (Å²) in [7, 11) is 0. The van der Waals surface area contributed by atoms with E-state index in [1.165, 1.54) is 23.3 Å². The van der Waals surface area contributed by atoms with Crippen LogP contribution in [-0.2, 0) is 6.54 Å². The van der Waals surface area contributed by atoms with Gasteiger partial charge in [-0.1, -0.05) is 72.8 Å². The van der Waals surface area contributed by atoms with Gasteiger partial charge in [-0.15, -0.1) is 0 Å².